The smallest absolute Gasteiger partial charge is 0 e. The van der Waals surface area contributed by atoms with Gasteiger partial charge in [-0.25, -0.2) is 8.80 Å². The van der Waals surface area contributed by atoms with E-state index in [2.05, 4.69) is 151 Å². The minimum atomic E-state index is -0.877. The first-order valence-corrected chi connectivity index (χ1v) is 20.1. The quantitative estimate of drug-likeness (QED) is 0.192. The summed E-state index contributed by atoms with van der Waals surface area (Å²) in [7, 11) is 0.262. The van der Waals surface area contributed by atoms with Gasteiger partial charge in [-0.1, -0.05) is 91.0 Å². The van der Waals surface area contributed by atoms with E-state index < -0.39 is 8.80 Å². The molecule has 0 aliphatic carbocycles. The summed E-state index contributed by atoms with van der Waals surface area (Å²) in [6.45, 7) is 20.1. The molecule has 1 radical (unpaired) electrons. The fourth-order valence-corrected chi connectivity index (χ4v) is 4.89. The Labute approximate surface area is 217 Å². The van der Waals surface area contributed by atoms with Gasteiger partial charge in [-0.15, -0.1) is 23.8 Å². The van der Waals surface area contributed by atoms with Crippen LogP contribution in [0.3, 0.4) is 0 Å². The van der Waals surface area contributed by atoms with Crippen molar-refractivity contribution in [2.24, 2.45) is 0 Å². The second kappa shape index (κ2) is 21.3. The minimum absolute atomic E-state index is 0. The molecule has 0 aliphatic heterocycles. The molecule has 3 rings (SSSR count). The molecule has 0 bridgehead atoms. The van der Waals surface area contributed by atoms with Gasteiger partial charge in [0.15, 0.2) is 0 Å². The van der Waals surface area contributed by atoms with Gasteiger partial charge >= 0.3 is 0 Å². The molecule has 3 aromatic carbocycles. The average molecular weight is 591 g/mol. The first-order chi connectivity index (χ1) is 14.6. The zero-order valence-electron chi connectivity index (χ0n) is 21.3. The van der Waals surface area contributed by atoms with Crippen LogP contribution in [0.5, 0.6) is 0 Å². The SMILES string of the molecule is CP(C)C.CP(C)C.CP(C)C.[Rh].c1ccc([Si-](c2ccccc2)c2ccccc2)cc1. The van der Waals surface area contributed by atoms with Crippen LogP contribution in [-0.2, 0) is 19.5 Å². The summed E-state index contributed by atoms with van der Waals surface area (Å²) in [5, 5.41) is 4.31. The van der Waals surface area contributed by atoms with E-state index in [1.807, 2.05) is 0 Å². The maximum absolute atomic E-state index is 2.24. The van der Waals surface area contributed by atoms with Crippen LogP contribution in [0.15, 0.2) is 91.0 Å². The molecule has 5 heteroatoms. The van der Waals surface area contributed by atoms with E-state index >= 15 is 0 Å². The fourth-order valence-electron chi connectivity index (χ4n) is 2.31. The normalized spacial score (nSPS) is 9.38. The first kappa shape index (κ1) is 34.0. The van der Waals surface area contributed by atoms with Crippen LogP contribution in [0.25, 0.3) is 0 Å². The monoisotopic (exact) mass is 590 g/mol. The van der Waals surface area contributed by atoms with E-state index in [0.717, 1.165) is 0 Å². The molecule has 0 aromatic heterocycles. The van der Waals surface area contributed by atoms with Gasteiger partial charge in [0.2, 0.25) is 0 Å². The molecule has 0 heterocycles. The molecule has 0 aliphatic rings. The van der Waals surface area contributed by atoms with E-state index in [1.165, 1.54) is 15.6 Å². The molecule has 0 unspecified atom stereocenters. The largest absolute Gasteiger partial charge is 0.219 e. The first-order valence-electron chi connectivity index (χ1n) is 10.5. The molecule has 32 heavy (non-hydrogen) atoms. The molecule has 0 nitrogen and oxygen atoms in total. The Kier molecular flexibility index (Phi) is 22.6. The third-order valence-electron chi connectivity index (χ3n) is 3.19. The van der Waals surface area contributed by atoms with Gasteiger partial charge in [0.25, 0.3) is 0 Å². The fraction of sp³-hybridized carbons (Fsp3) is 0.333. The summed E-state index contributed by atoms with van der Waals surface area (Å²) in [6, 6.07) is 32.5. The van der Waals surface area contributed by atoms with Crippen LogP contribution >= 0.6 is 23.8 Å². The molecule has 0 fully saturated rings. The van der Waals surface area contributed by atoms with Gasteiger partial charge in [-0.05, 0) is 60.0 Å². The summed E-state index contributed by atoms with van der Waals surface area (Å²) >= 11 is 0. The van der Waals surface area contributed by atoms with E-state index in [1.54, 1.807) is 0 Å². The van der Waals surface area contributed by atoms with Crippen LogP contribution in [0.2, 0.25) is 0 Å². The Morgan fingerprint density at radius 2 is 0.531 bits per heavy atom. The van der Waals surface area contributed by atoms with Gasteiger partial charge in [0, 0.05) is 19.5 Å². The predicted molar refractivity (Wildman–Crippen MR) is 158 cm³/mol. The predicted octanol–water partition coefficient (Wildman–Crippen LogP) is 6.27. The topological polar surface area (TPSA) is 0 Å². The Morgan fingerprint density at radius 1 is 0.375 bits per heavy atom. The summed E-state index contributed by atoms with van der Waals surface area (Å²) in [5.41, 5.74) is 0. The van der Waals surface area contributed by atoms with Gasteiger partial charge < -0.3 is 0 Å². The molecule has 0 saturated carbocycles. The summed E-state index contributed by atoms with van der Waals surface area (Å²) in [5.74, 6) is 0. The molecule has 179 valence electrons. The average Bonchev–Trinajstić information content (AvgIpc) is 2.69. The van der Waals surface area contributed by atoms with Gasteiger partial charge in [0.05, 0.1) is 0 Å². The zero-order valence-corrected chi connectivity index (χ0v) is 26.7. The molecular formula is C27H42P3RhSi-. The van der Waals surface area contributed by atoms with Crippen molar-refractivity contribution in [1.82, 2.24) is 0 Å². The van der Waals surface area contributed by atoms with Crippen molar-refractivity contribution in [3.8, 4) is 0 Å². The standard InChI is InChI=1S/C18H15Si.3C3H9P.Rh/c1-4-10-16(11-5-1)19(17-12-6-2-7-13-17)18-14-8-3-9-15-18;3*1-4(2)3;/h1-15H;3*1-3H3;/q-1;;;;. The summed E-state index contributed by atoms with van der Waals surface area (Å²) in [4.78, 5) is 0. The molecule has 0 atom stereocenters. The summed E-state index contributed by atoms with van der Waals surface area (Å²) in [6.07, 6.45) is 0. The van der Waals surface area contributed by atoms with Crippen molar-refractivity contribution in [3.05, 3.63) is 91.0 Å². The van der Waals surface area contributed by atoms with Crippen LogP contribution < -0.4 is 15.6 Å². The Balaban J connectivity index is 0. The third-order valence-corrected chi connectivity index (χ3v) is 5.92. The zero-order chi connectivity index (χ0) is 23.6. The van der Waals surface area contributed by atoms with Gasteiger partial charge in [-0.3, -0.25) is 0 Å². The van der Waals surface area contributed by atoms with Crippen molar-refractivity contribution >= 4 is 48.1 Å². The van der Waals surface area contributed by atoms with Crippen molar-refractivity contribution in [2.75, 3.05) is 60.0 Å². The van der Waals surface area contributed by atoms with E-state index in [4.69, 9.17) is 0 Å². The Bertz CT molecular complexity index is 650. The maximum atomic E-state index is 2.24. The second-order valence-corrected chi connectivity index (χ2v) is 19.0. The molecular weight excluding hydrogens is 548 g/mol. The third kappa shape index (κ3) is 19.3. The number of hydrogen-bond donors (Lipinski definition) is 0. The van der Waals surface area contributed by atoms with E-state index in [-0.39, 0.29) is 19.5 Å². The number of hydrogen-bond acceptors (Lipinski definition) is 0. The molecule has 3 aromatic rings. The van der Waals surface area contributed by atoms with Crippen molar-refractivity contribution in [2.45, 2.75) is 0 Å². The molecule has 0 saturated heterocycles. The van der Waals surface area contributed by atoms with Crippen LogP contribution in [0.1, 0.15) is 0 Å². The van der Waals surface area contributed by atoms with Gasteiger partial charge in [0.1, 0.15) is 0 Å². The number of benzene rings is 3. The Morgan fingerprint density at radius 3 is 0.688 bits per heavy atom. The number of rotatable bonds is 3. The second-order valence-electron chi connectivity index (χ2n) is 8.50. The van der Waals surface area contributed by atoms with Gasteiger partial charge in [-0.2, -0.15) is 15.6 Å². The maximum Gasteiger partial charge on any atom is 0 e. The van der Waals surface area contributed by atoms with E-state index in [9.17, 15) is 0 Å². The molecule has 0 amide bonds. The van der Waals surface area contributed by atoms with Crippen molar-refractivity contribution < 1.29 is 19.5 Å². The molecule has 0 spiro atoms. The Hall–Kier alpha value is -0.210. The summed E-state index contributed by atoms with van der Waals surface area (Å²) < 4.78 is 0. The van der Waals surface area contributed by atoms with Crippen molar-refractivity contribution in [1.29, 1.82) is 0 Å². The van der Waals surface area contributed by atoms with Crippen molar-refractivity contribution in [3.63, 3.8) is 0 Å². The van der Waals surface area contributed by atoms with Crippen LogP contribution in [0, 0.1) is 0 Å². The van der Waals surface area contributed by atoms with E-state index in [0.29, 0.717) is 23.8 Å². The van der Waals surface area contributed by atoms with Crippen LogP contribution in [0.4, 0.5) is 0 Å². The minimum Gasteiger partial charge on any atom is -0.219 e. The van der Waals surface area contributed by atoms with Crippen LogP contribution in [-0.4, -0.2) is 68.8 Å². The molecule has 0 N–H and O–H groups in total.